The van der Waals surface area contributed by atoms with E-state index in [-0.39, 0.29) is 0 Å². The van der Waals surface area contributed by atoms with Gasteiger partial charge in [0.15, 0.2) is 0 Å². The van der Waals surface area contributed by atoms with Crippen molar-refractivity contribution >= 4 is 5.69 Å². The summed E-state index contributed by atoms with van der Waals surface area (Å²) in [6.07, 6.45) is 9.70. The van der Waals surface area contributed by atoms with Gasteiger partial charge in [0.1, 0.15) is 0 Å². The van der Waals surface area contributed by atoms with E-state index in [0.717, 1.165) is 13.0 Å². The second-order valence-corrected chi connectivity index (χ2v) is 4.79. The highest BCUT2D eigenvalue weighted by molar-refractivity contribution is 5.63. The van der Waals surface area contributed by atoms with E-state index in [1.165, 1.54) is 16.8 Å². The zero-order chi connectivity index (χ0) is 12.3. The van der Waals surface area contributed by atoms with Crippen LogP contribution in [0.3, 0.4) is 0 Å². The lowest BCUT2D eigenvalue weighted by Gasteiger charge is -2.27. The van der Waals surface area contributed by atoms with Crippen LogP contribution < -0.4 is 4.90 Å². The van der Waals surface area contributed by atoms with E-state index in [4.69, 9.17) is 0 Å². The number of benzene rings is 1. The van der Waals surface area contributed by atoms with Gasteiger partial charge in [-0.25, -0.2) is 0 Å². The molecule has 0 aromatic heterocycles. The van der Waals surface area contributed by atoms with Crippen molar-refractivity contribution in [3.05, 3.63) is 53.8 Å². The molecule has 0 fully saturated rings. The predicted molar refractivity (Wildman–Crippen MR) is 75.5 cm³/mol. The monoisotopic (exact) mass is 227 g/mol. The number of hydrogen-bond acceptors (Lipinski definition) is 1. The smallest absolute Gasteiger partial charge is 0.0476 e. The molecule has 17 heavy (non-hydrogen) atoms. The summed E-state index contributed by atoms with van der Waals surface area (Å²) >= 11 is 0. The minimum absolute atomic E-state index is 0.566. The van der Waals surface area contributed by atoms with E-state index in [9.17, 15) is 0 Å². The number of aryl methyl sites for hydroxylation is 1. The first-order valence-electron chi connectivity index (χ1n) is 6.45. The Hall–Kier alpha value is -1.50. The standard InChI is InChI=1S/C16H21N/c1-4-14-9-8-10-15(13(2)3)16(14)17-11-6-5-7-12-17/h5-11,13H,4,12H2,1-3H3. The van der Waals surface area contributed by atoms with Gasteiger partial charge in [0.25, 0.3) is 0 Å². The lowest BCUT2D eigenvalue weighted by Crippen LogP contribution is -2.21. The van der Waals surface area contributed by atoms with Crippen LogP contribution in [0.5, 0.6) is 0 Å². The van der Waals surface area contributed by atoms with E-state index in [0.29, 0.717) is 5.92 Å². The van der Waals surface area contributed by atoms with Crippen LogP contribution >= 0.6 is 0 Å². The van der Waals surface area contributed by atoms with Gasteiger partial charge in [0, 0.05) is 18.4 Å². The number of anilines is 1. The largest absolute Gasteiger partial charge is 0.344 e. The second kappa shape index (κ2) is 5.22. The molecule has 1 aliphatic heterocycles. The fraction of sp³-hybridized carbons (Fsp3) is 0.375. The Morgan fingerprint density at radius 3 is 2.65 bits per heavy atom. The molecular formula is C16H21N. The average Bonchev–Trinajstić information content (AvgIpc) is 2.38. The molecule has 1 aromatic rings. The van der Waals surface area contributed by atoms with Gasteiger partial charge in [0.2, 0.25) is 0 Å². The number of hydrogen-bond donors (Lipinski definition) is 0. The minimum Gasteiger partial charge on any atom is -0.344 e. The Balaban J connectivity index is 2.48. The van der Waals surface area contributed by atoms with Gasteiger partial charge in [0.05, 0.1) is 0 Å². The van der Waals surface area contributed by atoms with Gasteiger partial charge in [-0.1, -0.05) is 51.1 Å². The van der Waals surface area contributed by atoms with Gasteiger partial charge in [-0.05, 0) is 29.5 Å². The summed E-state index contributed by atoms with van der Waals surface area (Å²) in [5, 5.41) is 0. The van der Waals surface area contributed by atoms with Gasteiger partial charge >= 0.3 is 0 Å². The number of nitrogens with zero attached hydrogens (tertiary/aromatic N) is 1. The summed E-state index contributed by atoms with van der Waals surface area (Å²) in [4.78, 5) is 2.36. The van der Waals surface area contributed by atoms with E-state index in [2.05, 4.69) is 68.3 Å². The third-order valence-electron chi connectivity index (χ3n) is 3.26. The molecule has 0 unspecified atom stereocenters. The van der Waals surface area contributed by atoms with Crippen molar-refractivity contribution in [1.82, 2.24) is 0 Å². The van der Waals surface area contributed by atoms with Crippen LogP contribution in [0.15, 0.2) is 42.6 Å². The maximum atomic E-state index is 2.36. The first-order valence-corrected chi connectivity index (χ1v) is 6.45. The quantitative estimate of drug-likeness (QED) is 0.745. The van der Waals surface area contributed by atoms with Gasteiger partial charge in [-0.15, -0.1) is 0 Å². The van der Waals surface area contributed by atoms with Crippen LogP contribution in [0, 0.1) is 0 Å². The Labute approximate surface area is 104 Å². The Kier molecular flexibility index (Phi) is 3.68. The predicted octanol–water partition coefficient (Wildman–Crippen LogP) is 4.26. The van der Waals surface area contributed by atoms with Crippen molar-refractivity contribution in [1.29, 1.82) is 0 Å². The molecule has 1 heterocycles. The van der Waals surface area contributed by atoms with Crippen molar-refractivity contribution in [2.24, 2.45) is 0 Å². The van der Waals surface area contributed by atoms with Crippen molar-refractivity contribution in [2.75, 3.05) is 11.4 Å². The van der Waals surface area contributed by atoms with Gasteiger partial charge < -0.3 is 4.90 Å². The molecule has 0 spiro atoms. The van der Waals surface area contributed by atoms with Gasteiger partial charge in [-0.2, -0.15) is 0 Å². The van der Waals surface area contributed by atoms with Crippen LogP contribution in [-0.2, 0) is 6.42 Å². The minimum atomic E-state index is 0.566. The molecular weight excluding hydrogens is 206 g/mol. The fourth-order valence-electron chi connectivity index (χ4n) is 2.35. The lowest BCUT2D eigenvalue weighted by atomic mass is 9.95. The highest BCUT2D eigenvalue weighted by Crippen LogP contribution is 2.32. The van der Waals surface area contributed by atoms with E-state index >= 15 is 0 Å². The number of para-hydroxylation sites is 1. The van der Waals surface area contributed by atoms with E-state index in [1.807, 2.05) is 0 Å². The van der Waals surface area contributed by atoms with E-state index in [1.54, 1.807) is 0 Å². The first-order chi connectivity index (χ1) is 8.24. The molecule has 0 atom stereocenters. The third-order valence-corrected chi connectivity index (χ3v) is 3.26. The molecule has 1 nitrogen and oxygen atoms in total. The summed E-state index contributed by atoms with van der Waals surface area (Å²) in [5.74, 6) is 0.566. The Morgan fingerprint density at radius 2 is 2.06 bits per heavy atom. The van der Waals surface area contributed by atoms with Crippen LogP contribution in [0.2, 0.25) is 0 Å². The highest BCUT2D eigenvalue weighted by Gasteiger charge is 2.15. The SMILES string of the molecule is CCc1cccc(C(C)C)c1N1C=CC=CC1. The molecule has 1 aliphatic rings. The average molecular weight is 227 g/mol. The van der Waals surface area contributed by atoms with Crippen LogP contribution in [0.4, 0.5) is 5.69 Å². The molecule has 90 valence electrons. The summed E-state index contributed by atoms with van der Waals surface area (Å²) in [7, 11) is 0. The lowest BCUT2D eigenvalue weighted by molar-refractivity contribution is 0.851. The number of rotatable bonds is 3. The zero-order valence-corrected chi connectivity index (χ0v) is 11.0. The molecule has 1 aromatic carbocycles. The molecule has 0 aliphatic carbocycles. The van der Waals surface area contributed by atoms with Crippen molar-refractivity contribution in [3.63, 3.8) is 0 Å². The first kappa shape index (κ1) is 12.0. The third kappa shape index (κ3) is 2.44. The molecule has 0 bridgehead atoms. The summed E-state index contributed by atoms with van der Waals surface area (Å²) in [6.45, 7) is 7.74. The maximum absolute atomic E-state index is 2.36. The van der Waals surface area contributed by atoms with Crippen molar-refractivity contribution in [2.45, 2.75) is 33.1 Å². The molecule has 1 heteroatoms. The summed E-state index contributed by atoms with van der Waals surface area (Å²) in [5.41, 5.74) is 4.30. The van der Waals surface area contributed by atoms with E-state index < -0.39 is 0 Å². The van der Waals surface area contributed by atoms with Crippen LogP contribution in [0.25, 0.3) is 0 Å². The molecule has 0 radical (unpaired) electrons. The molecule has 0 saturated carbocycles. The van der Waals surface area contributed by atoms with Crippen LogP contribution in [-0.4, -0.2) is 6.54 Å². The maximum Gasteiger partial charge on any atom is 0.0476 e. The van der Waals surface area contributed by atoms with Crippen molar-refractivity contribution in [3.8, 4) is 0 Å². The number of allylic oxidation sites excluding steroid dienone is 2. The fourth-order valence-corrected chi connectivity index (χ4v) is 2.35. The molecule has 2 rings (SSSR count). The molecule has 0 saturated heterocycles. The molecule has 0 N–H and O–H groups in total. The summed E-state index contributed by atoms with van der Waals surface area (Å²) in [6, 6.07) is 6.68. The molecule has 0 amide bonds. The highest BCUT2D eigenvalue weighted by atomic mass is 15.1. The van der Waals surface area contributed by atoms with Crippen molar-refractivity contribution < 1.29 is 0 Å². The normalized spacial score (nSPS) is 14.7. The zero-order valence-electron chi connectivity index (χ0n) is 11.0. The van der Waals surface area contributed by atoms with Gasteiger partial charge in [-0.3, -0.25) is 0 Å². The summed E-state index contributed by atoms with van der Waals surface area (Å²) < 4.78 is 0. The second-order valence-electron chi connectivity index (χ2n) is 4.79. The topological polar surface area (TPSA) is 3.24 Å². The van der Waals surface area contributed by atoms with Crippen LogP contribution in [0.1, 0.15) is 37.8 Å². The Bertz CT molecular complexity index is 441. The Morgan fingerprint density at radius 1 is 1.24 bits per heavy atom.